The molecule has 7 nitrogen and oxygen atoms in total. The van der Waals surface area contributed by atoms with E-state index in [1.54, 1.807) is 24.5 Å². The Balaban J connectivity index is 1.50. The molecule has 0 unspecified atom stereocenters. The Morgan fingerprint density at radius 1 is 1.30 bits per heavy atom. The van der Waals surface area contributed by atoms with Gasteiger partial charge in [0.25, 0.3) is 0 Å². The van der Waals surface area contributed by atoms with E-state index < -0.39 is 0 Å². The fourth-order valence-electron chi connectivity index (χ4n) is 4.27. The normalized spacial score (nSPS) is 20.4. The molecule has 1 atom stereocenters. The molecule has 27 heavy (non-hydrogen) atoms. The zero-order valence-electron chi connectivity index (χ0n) is 15.3. The third kappa shape index (κ3) is 3.65. The molecule has 1 amide bonds. The van der Waals surface area contributed by atoms with Crippen LogP contribution in [0.4, 0.5) is 11.5 Å². The summed E-state index contributed by atoms with van der Waals surface area (Å²) in [6.07, 6.45) is 9.69. The van der Waals surface area contributed by atoms with Crippen LogP contribution >= 0.6 is 0 Å². The van der Waals surface area contributed by atoms with Crippen LogP contribution in [0.1, 0.15) is 55.7 Å². The summed E-state index contributed by atoms with van der Waals surface area (Å²) in [7, 11) is 0. The average molecular weight is 364 g/mol. The van der Waals surface area contributed by atoms with Crippen LogP contribution in [-0.2, 0) is 4.79 Å². The number of amides is 1. The Bertz CT molecular complexity index is 848. The van der Waals surface area contributed by atoms with E-state index in [9.17, 15) is 10.1 Å². The van der Waals surface area contributed by atoms with Gasteiger partial charge in [0.2, 0.25) is 5.91 Å². The lowest BCUT2D eigenvalue weighted by Gasteiger charge is -2.33. The largest absolute Gasteiger partial charge is 0.355 e. The maximum absolute atomic E-state index is 12.5. The van der Waals surface area contributed by atoms with Crippen LogP contribution in [0.5, 0.6) is 0 Å². The van der Waals surface area contributed by atoms with Gasteiger partial charge >= 0.3 is 0 Å². The predicted octanol–water partition coefficient (Wildman–Crippen LogP) is 3.19. The summed E-state index contributed by atoms with van der Waals surface area (Å²) in [4.78, 5) is 19.1. The number of nitrogens with zero attached hydrogens (tertiary/aromatic N) is 4. The average Bonchev–Trinajstić information content (AvgIpc) is 3.40. The topological polar surface area (TPSA) is 97.7 Å². The zero-order valence-corrected chi connectivity index (χ0v) is 15.3. The van der Waals surface area contributed by atoms with E-state index in [2.05, 4.69) is 31.5 Å². The molecule has 0 spiro atoms. The molecule has 0 bridgehead atoms. The minimum absolute atomic E-state index is 0.110. The molecule has 1 saturated carbocycles. The Labute approximate surface area is 158 Å². The summed E-state index contributed by atoms with van der Waals surface area (Å²) >= 11 is 0. The smallest absolute Gasteiger partial charge is 0.227 e. The second-order valence-electron chi connectivity index (χ2n) is 7.44. The number of piperidine rings is 1. The summed E-state index contributed by atoms with van der Waals surface area (Å²) in [6, 6.07) is 5.82. The van der Waals surface area contributed by atoms with Gasteiger partial charge < -0.3 is 10.2 Å². The van der Waals surface area contributed by atoms with Crippen molar-refractivity contribution in [1.29, 1.82) is 5.26 Å². The number of pyridine rings is 1. The fourth-order valence-corrected chi connectivity index (χ4v) is 4.27. The number of hydrogen-bond donors (Lipinski definition) is 2. The lowest BCUT2D eigenvalue weighted by molar-refractivity contribution is -0.119. The van der Waals surface area contributed by atoms with E-state index in [1.807, 2.05) is 0 Å². The summed E-state index contributed by atoms with van der Waals surface area (Å²) in [5.74, 6) is 1.19. The van der Waals surface area contributed by atoms with Gasteiger partial charge in [-0.05, 0) is 37.8 Å². The first kappa shape index (κ1) is 17.5. The van der Waals surface area contributed by atoms with Crippen molar-refractivity contribution < 1.29 is 4.79 Å². The highest BCUT2D eigenvalue weighted by molar-refractivity contribution is 5.93. The first-order valence-electron chi connectivity index (χ1n) is 9.70. The molecular weight excluding hydrogens is 340 g/mol. The highest BCUT2D eigenvalue weighted by Crippen LogP contribution is 2.33. The molecule has 2 fully saturated rings. The number of aromatic amines is 1. The number of carbonyl (C=O) groups is 1. The predicted molar refractivity (Wildman–Crippen MR) is 102 cm³/mol. The Morgan fingerprint density at radius 2 is 2.15 bits per heavy atom. The second-order valence-corrected chi connectivity index (χ2v) is 7.44. The van der Waals surface area contributed by atoms with Gasteiger partial charge in [-0.2, -0.15) is 10.4 Å². The maximum Gasteiger partial charge on any atom is 0.227 e. The van der Waals surface area contributed by atoms with Crippen LogP contribution in [0, 0.1) is 17.2 Å². The van der Waals surface area contributed by atoms with Gasteiger partial charge in [-0.1, -0.05) is 12.8 Å². The van der Waals surface area contributed by atoms with Crippen molar-refractivity contribution in [3.63, 3.8) is 0 Å². The number of nitriles is 1. The van der Waals surface area contributed by atoms with Crippen LogP contribution in [0.15, 0.2) is 24.5 Å². The number of rotatable bonds is 4. The summed E-state index contributed by atoms with van der Waals surface area (Å²) in [6.45, 7) is 1.63. The summed E-state index contributed by atoms with van der Waals surface area (Å²) < 4.78 is 0. The Kier molecular flexibility index (Phi) is 5.05. The van der Waals surface area contributed by atoms with Gasteiger partial charge in [0, 0.05) is 31.1 Å². The molecule has 7 heteroatoms. The van der Waals surface area contributed by atoms with E-state index >= 15 is 0 Å². The van der Waals surface area contributed by atoms with Gasteiger partial charge in [-0.15, -0.1) is 0 Å². The highest BCUT2D eigenvalue weighted by atomic mass is 16.1. The van der Waals surface area contributed by atoms with Gasteiger partial charge in [-0.3, -0.25) is 9.89 Å². The van der Waals surface area contributed by atoms with Crippen molar-refractivity contribution in [3.05, 3.63) is 35.8 Å². The third-order valence-corrected chi connectivity index (χ3v) is 5.69. The van der Waals surface area contributed by atoms with Crippen molar-refractivity contribution in [2.45, 2.75) is 44.4 Å². The molecule has 4 rings (SSSR count). The summed E-state index contributed by atoms with van der Waals surface area (Å²) in [5, 5.41) is 19.7. The number of anilines is 2. The first-order chi connectivity index (χ1) is 13.3. The monoisotopic (exact) mass is 364 g/mol. The van der Waals surface area contributed by atoms with Gasteiger partial charge in [0.05, 0.1) is 23.1 Å². The lowest BCUT2D eigenvalue weighted by Crippen LogP contribution is -2.36. The van der Waals surface area contributed by atoms with E-state index in [1.165, 1.54) is 0 Å². The molecule has 2 aromatic rings. The van der Waals surface area contributed by atoms with Gasteiger partial charge in [0.15, 0.2) is 0 Å². The molecule has 3 heterocycles. The lowest BCUT2D eigenvalue weighted by atomic mass is 9.93. The van der Waals surface area contributed by atoms with Crippen LogP contribution < -0.4 is 10.2 Å². The van der Waals surface area contributed by atoms with E-state index in [0.717, 1.165) is 68.8 Å². The van der Waals surface area contributed by atoms with Crippen LogP contribution in [0.25, 0.3) is 0 Å². The van der Waals surface area contributed by atoms with Crippen molar-refractivity contribution in [2.24, 2.45) is 5.92 Å². The number of nitrogens with one attached hydrogen (secondary N) is 2. The number of aromatic nitrogens is 3. The molecule has 140 valence electrons. The maximum atomic E-state index is 12.5. The van der Waals surface area contributed by atoms with Gasteiger partial charge in [0.1, 0.15) is 11.9 Å². The molecule has 2 aliphatic rings. The molecule has 0 radical (unpaired) electrons. The minimum Gasteiger partial charge on any atom is -0.355 e. The van der Waals surface area contributed by atoms with E-state index in [4.69, 9.17) is 0 Å². The van der Waals surface area contributed by atoms with Crippen molar-refractivity contribution >= 4 is 17.4 Å². The zero-order chi connectivity index (χ0) is 18.6. The Hall–Kier alpha value is -2.88. The van der Waals surface area contributed by atoms with Crippen LogP contribution in [0.3, 0.4) is 0 Å². The van der Waals surface area contributed by atoms with E-state index in [-0.39, 0.29) is 17.7 Å². The van der Waals surface area contributed by atoms with Gasteiger partial charge in [-0.25, -0.2) is 4.98 Å². The quantitative estimate of drug-likeness (QED) is 0.868. The van der Waals surface area contributed by atoms with Crippen LogP contribution in [-0.4, -0.2) is 34.2 Å². The number of carbonyl (C=O) groups excluding carboxylic acids is 1. The Morgan fingerprint density at radius 3 is 2.96 bits per heavy atom. The van der Waals surface area contributed by atoms with Crippen LogP contribution in [0.2, 0.25) is 0 Å². The van der Waals surface area contributed by atoms with E-state index in [0.29, 0.717) is 5.56 Å². The minimum atomic E-state index is 0.110. The molecule has 2 aromatic heterocycles. The fraction of sp³-hybridized carbons (Fsp3) is 0.500. The molecule has 2 N–H and O–H groups in total. The number of H-pyrrole nitrogens is 1. The number of hydrogen-bond acceptors (Lipinski definition) is 5. The highest BCUT2D eigenvalue weighted by Gasteiger charge is 2.28. The molecule has 1 aliphatic carbocycles. The van der Waals surface area contributed by atoms with Crippen molar-refractivity contribution in [1.82, 2.24) is 15.2 Å². The molecular formula is C20H24N6O. The third-order valence-electron chi connectivity index (χ3n) is 5.69. The van der Waals surface area contributed by atoms with Crippen molar-refractivity contribution in [3.8, 4) is 6.07 Å². The molecule has 1 aliphatic heterocycles. The SMILES string of the molecule is N#Cc1cccnc1N1CCC[C@@H](c2[nH]ncc2NC(=O)C2CCCC2)C1. The molecule has 0 aromatic carbocycles. The van der Waals surface area contributed by atoms with Crippen molar-refractivity contribution in [2.75, 3.05) is 23.3 Å². The second kappa shape index (κ2) is 7.78. The standard InChI is InChI=1S/C20H24N6O/c21-11-15-7-3-9-22-19(15)26-10-4-8-16(13-26)18-17(12-23-25-18)24-20(27)14-5-1-2-6-14/h3,7,9,12,14,16H,1-2,4-6,8,10,13H2,(H,23,25)(H,24,27)/t16-/m1/s1. The summed E-state index contributed by atoms with van der Waals surface area (Å²) in [5.41, 5.74) is 2.36. The first-order valence-corrected chi connectivity index (χ1v) is 9.70. The molecule has 1 saturated heterocycles.